The summed E-state index contributed by atoms with van der Waals surface area (Å²) in [4.78, 5) is 12.4. The smallest absolute Gasteiger partial charge is 0.231 e. The molecule has 1 heterocycles. The molecule has 0 aromatic heterocycles. The molecule has 0 spiro atoms. The largest absolute Gasteiger partial charge is 0.454 e. The van der Waals surface area contributed by atoms with Crippen molar-refractivity contribution >= 4 is 39.4 Å². The van der Waals surface area contributed by atoms with Gasteiger partial charge in [0.05, 0.1) is 4.47 Å². The number of nitrogens with zero attached hydrogens (tertiary/aromatic N) is 1. The van der Waals surface area contributed by atoms with E-state index in [1.165, 1.54) is 6.08 Å². The van der Waals surface area contributed by atoms with Crippen molar-refractivity contribution in [2.45, 2.75) is 0 Å². The van der Waals surface area contributed by atoms with Crippen molar-refractivity contribution in [3.05, 3.63) is 62.6 Å². The molecule has 0 bridgehead atoms. The molecule has 0 fully saturated rings. The third-order valence-electron chi connectivity index (χ3n) is 3.23. The Morgan fingerprint density at radius 3 is 2.70 bits per heavy atom. The summed E-state index contributed by atoms with van der Waals surface area (Å²) in [5, 5.41) is 9.83. The summed E-state index contributed by atoms with van der Waals surface area (Å²) in [6.07, 6.45) is 1.52. The molecule has 6 heteroatoms. The van der Waals surface area contributed by atoms with Gasteiger partial charge in [-0.05, 0) is 64.0 Å². The van der Waals surface area contributed by atoms with E-state index in [4.69, 9.17) is 21.1 Å². The number of fused-ring (bicyclic) bond motifs is 1. The number of ketones is 1. The topological polar surface area (TPSA) is 59.3 Å². The Morgan fingerprint density at radius 2 is 2.00 bits per heavy atom. The van der Waals surface area contributed by atoms with E-state index in [1.54, 1.807) is 36.4 Å². The van der Waals surface area contributed by atoms with Crippen LogP contribution in [0.25, 0.3) is 6.08 Å². The van der Waals surface area contributed by atoms with Crippen molar-refractivity contribution in [1.29, 1.82) is 5.26 Å². The second-order valence-corrected chi connectivity index (χ2v) is 6.03. The average Bonchev–Trinajstić information content (AvgIpc) is 3.02. The lowest BCUT2D eigenvalue weighted by Gasteiger charge is -2.03. The highest BCUT2D eigenvalue weighted by Gasteiger charge is 2.18. The molecule has 0 radical (unpaired) electrons. The van der Waals surface area contributed by atoms with Crippen LogP contribution in [0.2, 0.25) is 5.02 Å². The van der Waals surface area contributed by atoms with Crippen molar-refractivity contribution in [2.75, 3.05) is 6.79 Å². The Labute approximate surface area is 146 Å². The molecule has 0 aliphatic carbocycles. The zero-order valence-electron chi connectivity index (χ0n) is 11.7. The molecule has 2 aromatic carbocycles. The fourth-order valence-corrected chi connectivity index (χ4v) is 2.84. The highest BCUT2D eigenvalue weighted by Crippen LogP contribution is 2.40. The predicted octanol–water partition coefficient (Wildman–Crippen LogP) is 4.62. The molecule has 0 atom stereocenters. The number of allylic oxidation sites excluding steroid dienone is 1. The lowest BCUT2D eigenvalue weighted by Crippen LogP contribution is -2.01. The first-order valence-corrected chi connectivity index (χ1v) is 7.77. The number of halogens is 2. The first-order chi connectivity index (χ1) is 11.1. The Bertz CT molecular complexity index is 853. The summed E-state index contributed by atoms with van der Waals surface area (Å²) < 4.78 is 11.3. The molecule has 0 saturated carbocycles. The van der Waals surface area contributed by atoms with Crippen molar-refractivity contribution in [3.8, 4) is 17.6 Å². The summed E-state index contributed by atoms with van der Waals surface area (Å²) in [6, 6.07) is 11.8. The van der Waals surface area contributed by atoms with Gasteiger partial charge in [-0.3, -0.25) is 4.79 Å². The van der Waals surface area contributed by atoms with Gasteiger partial charge in [-0.25, -0.2) is 0 Å². The fourth-order valence-electron chi connectivity index (χ4n) is 2.14. The molecular weight excluding hydrogens is 382 g/mol. The summed E-state index contributed by atoms with van der Waals surface area (Å²) in [6.45, 7) is 0.149. The summed E-state index contributed by atoms with van der Waals surface area (Å²) in [5.74, 6) is 0.824. The van der Waals surface area contributed by atoms with E-state index < -0.39 is 0 Å². The molecule has 4 nitrogen and oxygen atoms in total. The van der Waals surface area contributed by atoms with Crippen LogP contribution in [0.4, 0.5) is 0 Å². The standard InChI is InChI=1S/C17H9BrClNO3/c18-14-6-10(7-15-17(14)23-9-22-15)5-12(8-20)16(21)11-1-3-13(19)4-2-11/h1-7H,9H2/b12-5+. The zero-order chi connectivity index (χ0) is 16.4. The van der Waals surface area contributed by atoms with Crippen molar-refractivity contribution in [1.82, 2.24) is 0 Å². The molecule has 0 unspecified atom stereocenters. The molecule has 0 N–H and O–H groups in total. The maximum absolute atomic E-state index is 12.4. The van der Waals surface area contributed by atoms with E-state index in [1.807, 2.05) is 6.07 Å². The van der Waals surface area contributed by atoms with Gasteiger partial charge >= 0.3 is 0 Å². The van der Waals surface area contributed by atoms with Gasteiger partial charge in [-0.1, -0.05) is 11.6 Å². The van der Waals surface area contributed by atoms with E-state index in [0.29, 0.717) is 32.1 Å². The van der Waals surface area contributed by atoms with Crippen molar-refractivity contribution in [2.24, 2.45) is 0 Å². The molecule has 23 heavy (non-hydrogen) atoms. The second kappa shape index (κ2) is 6.45. The zero-order valence-corrected chi connectivity index (χ0v) is 14.0. The van der Waals surface area contributed by atoms with E-state index in [-0.39, 0.29) is 18.1 Å². The number of nitriles is 1. The normalized spacial score (nSPS) is 12.8. The first kappa shape index (κ1) is 15.6. The van der Waals surface area contributed by atoms with E-state index in [2.05, 4.69) is 15.9 Å². The minimum absolute atomic E-state index is 0.0260. The summed E-state index contributed by atoms with van der Waals surface area (Å²) in [5.41, 5.74) is 1.10. The third kappa shape index (κ3) is 3.24. The summed E-state index contributed by atoms with van der Waals surface area (Å²) in [7, 11) is 0. The second-order valence-electron chi connectivity index (χ2n) is 4.74. The van der Waals surface area contributed by atoms with Gasteiger partial charge in [0, 0.05) is 10.6 Å². The van der Waals surface area contributed by atoms with Crippen LogP contribution in [-0.4, -0.2) is 12.6 Å². The Balaban J connectivity index is 1.96. The number of rotatable bonds is 3. The van der Waals surface area contributed by atoms with E-state index in [9.17, 15) is 10.1 Å². The SMILES string of the molecule is N#C/C(=C\c1cc(Br)c2c(c1)OCO2)C(=O)c1ccc(Cl)cc1. The summed E-state index contributed by atoms with van der Waals surface area (Å²) >= 11 is 9.19. The van der Waals surface area contributed by atoms with Crippen LogP contribution in [-0.2, 0) is 0 Å². The van der Waals surface area contributed by atoms with Gasteiger partial charge in [-0.2, -0.15) is 5.26 Å². The fraction of sp³-hybridized carbons (Fsp3) is 0.0588. The van der Waals surface area contributed by atoms with Gasteiger partial charge in [0.2, 0.25) is 12.6 Å². The first-order valence-electron chi connectivity index (χ1n) is 6.59. The van der Waals surface area contributed by atoms with Crippen LogP contribution in [0.15, 0.2) is 46.4 Å². The van der Waals surface area contributed by atoms with Gasteiger partial charge in [0.1, 0.15) is 11.6 Å². The highest BCUT2D eigenvalue weighted by molar-refractivity contribution is 9.10. The van der Waals surface area contributed by atoms with Crippen LogP contribution in [0.1, 0.15) is 15.9 Å². The van der Waals surface area contributed by atoms with Gasteiger partial charge in [0.25, 0.3) is 0 Å². The highest BCUT2D eigenvalue weighted by atomic mass is 79.9. The van der Waals surface area contributed by atoms with Crippen LogP contribution in [0, 0.1) is 11.3 Å². The monoisotopic (exact) mass is 389 g/mol. The number of hydrogen-bond acceptors (Lipinski definition) is 4. The van der Waals surface area contributed by atoms with Crippen LogP contribution < -0.4 is 9.47 Å². The van der Waals surface area contributed by atoms with E-state index in [0.717, 1.165) is 0 Å². The van der Waals surface area contributed by atoms with Gasteiger partial charge in [0.15, 0.2) is 11.5 Å². The maximum atomic E-state index is 12.4. The lowest BCUT2D eigenvalue weighted by molar-refractivity contribution is 0.104. The van der Waals surface area contributed by atoms with Crippen LogP contribution in [0.3, 0.4) is 0 Å². The quantitative estimate of drug-likeness (QED) is 0.436. The number of hydrogen-bond donors (Lipinski definition) is 0. The molecule has 0 amide bonds. The number of carbonyl (C=O) groups is 1. The van der Waals surface area contributed by atoms with Gasteiger partial charge < -0.3 is 9.47 Å². The molecule has 3 rings (SSSR count). The van der Waals surface area contributed by atoms with Crippen LogP contribution >= 0.6 is 27.5 Å². The maximum Gasteiger partial charge on any atom is 0.231 e. The Hall–Kier alpha value is -2.29. The molecule has 0 saturated heterocycles. The van der Waals surface area contributed by atoms with E-state index >= 15 is 0 Å². The lowest BCUT2D eigenvalue weighted by atomic mass is 10.0. The average molecular weight is 391 g/mol. The van der Waals surface area contributed by atoms with Crippen LogP contribution in [0.5, 0.6) is 11.5 Å². The molecule has 1 aliphatic rings. The Morgan fingerprint density at radius 1 is 1.26 bits per heavy atom. The third-order valence-corrected chi connectivity index (χ3v) is 4.07. The van der Waals surface area contributed by atoms with Crippen molar-refractivity contribution < 1.29 is 14.3 Å². The van der Waals surface area contributed by atoms with Gasteiger partial charge in [-0.15, -0.1) is 0 Å². The molecule has 2 aromatic rings. The van der Waals surface area contributed by atoms with Crippen molar-refractivity contribution in [3.63, 3.8) is 0 Å². The number of carbonyl (C=O) groups excluding carboxylic acids is 1. The number of benzene rings is 2. The molecule has 114 valence electrons. The number of Topliss-reactive ketones (excluding diaryl/α,β-unsaturated/α-hetero) is 1. The minimum Gasteiger partial charge on any atom is -0.454 e. The number of ether oxygens (including phenoxy) is 2. The Kier molecular flexibility index (Phi) is 4.37. The molecule has 1 aliphatic heterocycles. The predicted molar refractivity (Wildman–Crippen MR) is 89.6 cm³/mol. The minimum atomic E-state index is -0.363. The molecular formula is C17H9BrClNO3.